The summed E-state index contributed by atoms with van der Waals surface area (Å²) in [5.41, 5.74) is 20.4. The van der Waals surface area contributed by atoms with Crippen molar-refractivity contribution in [3.63, 3.8) is 0 Å². The van der Waals surface area contributed by atoms with Crippen LogP contribution in [0.5, 0.6) is 17.2 Å². The van der Waals surface area contributed by atoms with E-state index in [0.29, 0.717) is 90.6 Å². The number of guanidine groups is 1. The number of rotatable bonds is 21. The minimum absolute atomic E-state index is 0.0204. The summed E-state index contributed by atoms with van der Waals surface area (Å²) in [6.45, 7) is 4.70. The average molecular weight is 1250 g/mol. The number of ether oxygens (including phenoxy) is 1. The molecule has 2 aromatic carbocycles. The maximum Gasteiger partial charge on any atom is 0.189 e. The zero-order valence-electron chi connectivity index (χ0n) is 52.5. The Labute approximate surface area is 531 Å². The van der Waals surface area contributed by atoms with E-state index >= 15 is 0 Å². The van der Waals surface area contributed by atoms with Gasteiger partial charge in [0, 0.05) is 89.8 Å². The number of aromatic nitrogens is 1. The van der Waals surface area contributed by atoms with E-state index in [-0.39, 0.29) is 72.4 Å². The molecular formula is C72H104N6O8S2. The molecule has 17 atom stereocenters. The topological polar surface area (TPSA) is 248 Å². The number of aliphatic imine (C=N–C) groups is 1. The highest BCUT2D eigenvalue weighted by Gasteiger charge is 2.65. The molecule has 4 aromatic rings. The predicted molar refractivity (Wildman–Crippen MR) is 354 cm³/mol. The summed E-state index contributed by atoms with van der Waals surface area (Å²) in [6, 6.07) is 18.1. The summed E-state index contributed by atoms with van der Waals surface area (Å²) in [4.78, 5) is 9.05. The predicted octanol–water partition coefficient (Wildman–Crippen LogP) is 12.4. The lowest BCUT2D eigenvalue weighted by atomic mass is 9.51. The Morgan fingerprint density at radius 3 is 2.49 bits per heavy atom. The lowest BCUT2D eigenvalue weighted by Crippen LogP contribution is -2.50. The summed E-state index contributed by atoms with van der Waals surface area (Å²) >= 11 is 0. The highest BCUT2D eigenvalue weighted by molar-refractivity contribution is 8.76. The quantitative estimate of drug-likeness (QED) is 0.0161. The molecule has 16 heteroatoms. The van der Waals surface area contributed by atoms with Gasteiger partial charge in [-0.15, -0.1) is 0 Å². The van der Waals surface area contributed by atoms with Crippen LogP contribution in [0.4, 0.5) is 0 Å². The molecule has 13 N–H and O–H groups in total. The van der Waals surface area contributed by atoms with E-state index in [1.165, 1.54) is 81.0 Å². The summed E-state index contributed by atoms with van der Waals surface area (Å²) in [5, 5.41) is 71.6. The molecule has 482 valence electrons. The second-order valence-corrected chi connectivity index (χ2v) is 31.5. The van der Waals surface area contributed by atoms with E-state index in [4.69, 9.17) is 25.6 Å². The minimum atomic E-state index is -0.970. The second kappa shape index (κ2) is 28.4. The van der Waals surface area contributed by atoms with Crippen LogP contribution in [0.15, 0.2) is 76.2 Å². The van der Waals surface area contributed by atoms with Gasteiger partial charge in [0.2, 0.25) is 0 Å². The third kappa shape index (κ3) is 13.7. The van der Waals surface area contributed by atoms with Crippen LogP contribution < -0.4 is 26.8 Å². The standard InChI is InChI=1S/C72H104N6O8S2/c1-43-12-22-54-49-32-45(14-23-55(54)57(59(73)36-49)41-87-88-42-62(43)78-70(74)76-51-9-5-8-48(34-51)47-17-19-52(82)20-18-47)16-25-65-50(39-80)35-53(86-65)21-13-46-15-24-63(83)66(33-46)85-40-64(84)61-37-56-68(60(10-7-31-79)75-38-44(2)81)72-29-6-11-67(72)71(27-3-4-28-71)58(26-30-72)69(56)77-61/h15,17-20,24,26,30,33,35,37,43-45,48-49,51,54-55,57-60,62,64,67-68,75,77,79-84H,3-14,16,21-23,25,27-29,31-32,34,36,38-42,73H2,1-2H3,(H3,74,76,78). The molecule has 9 aliphatic rings. The minimum Gasteiger partial charge on any atom is -0.508 e. The van der Waals surface area contributed by atoms with Gasteiger partial charge in [0.25, 0.3) is 0 Å². The molecule has 6 bridgehead atoms. The molecule has 1 saturated heterocycles. The van der Waals surface area contributed by atoms with Gasteiger partial charge in [0.1, 0.15) is 30.0 Å². The number of aliphatic hydroxyl groups excluding tert-OH is 4. The number of H-pyrrole nitrogens is 1. The van der Waals surface area contributed by atoms with Crippen LogP contribution >= 0.6 is 21.6 Å². The molecule has 2 aromatic heterocycles. The van der Waals surface area contributed by atoms with E-state index in [9.17, 15) is 30.6 Å². The van der Waals surface area contributed by atoms with Crippen molar-refractivity contribution in [2.75, 3.05) is 31.3 Å². The number of nitrogens with two attached hydrogens (primary N) is 2. The number of hydrogen-bond donors (Lipinski definition) is 11. The SMILES string of the molecule is CC(O)CNC(CCCO)C1c2cc(C(O)COc3cc(CCc4cc(CO)c(CCC5CCC6C7CSSCC(N=C(N)NC8CCCC(c9ccc(O)cc9)C8)C(C)CCC6C(C5)CC7N)o4)ccc3O)[nH]c2C2C=CC13CCCC3C21CCCC1. The first-order chi connectivity index (χ1) is 42.7. The van der Waals surface area contributed by atoms with E-state index in [2.05, 4.69) is 52.9 Å². The van der Waals surface area contributed by atoms with Crippen molar-refractivity contribution in [2.45, 2.75) is 222 Å². The van der Waals surface area contributed by atoms with Crippen molar-refractivity contribution >= 4 is 27.5 Å². The number of aromatic amines is 1. The largest absolute Gasteiger partial charge is 0.508 e. The number of aryl methyl sites for hydroxylation is 3. The molecule has 88 heavy (non-hydrogen) atoms. The zero-order valence-corrected chi connectivity index (χ0v) is 54.1. The summed E-state index contributed by atoms with van der Waals surface area (Å²) in [6.07, 6.45) is 28.0. The van der Waals surface area contributed by atoms with Crippen LogP contribution in [0.3, 0.4) is 0 Å². The highest BCUT2D eigenvalue weighted by atomic mass is 33.1. The first kappa shape index (κ1) is 64.0. The number of benzene rings is 2. The number of aromatic hydroxyl groups is 2. The maximum absolute atomic E-state index is 12.0. The van der Waals surface area contributed by atoms with Crippen molar-refractivity contribution in [1.82, 2.24) is 15.6 Å². The first-order valence-electron chi connectivity index (χ1n) is 34.4. The van der Waals surface area contributed by atoms with Gasteiger partial charge < -0.3 is 66.9 Å². The van der Waals surface area contributed by atoms with Crippen molar-refractivity contribution < 1.29 is 39.8 Å². The Morgan fingerprint density at radius 2 is 1.68 bits per heavy atom. The van der Waals surface area contributed by atoms with Gasteiger partial charge in [-0.25, -0.2) is 4.99 Å². The lowest BCUT2D eigenvalue weighted by Gasteiger charge is -2.53. The molecule has 0 amide bonds. The van der Waals surface area contributed by atoms with Gasteiger partial charge in [-0.3, -0.25) is 0 Å². The number of phenols is 2. The normalized spacial score (nSPS) is 33.0. The fourth-order valence-corrected chi connectivity index (χ4v) is 22.3. The van der Waals surface area contributed by atoms with Crippen molar-refractivity contribution in [3.8, 4) is 17.2 Å². The van der Waals surface area contributed by atoms with Gasteiger partial charge in [0.15, 0.2) is 17.5 Å². The summed E-state index contributed by atoms with van der Waals surface area (Å²) in [5.74, 6) is 9.73. The van der Waals surface area contributed by atoms with E-state index < -0.39 is 12.2 Å². The Balaban J connectivity index is 0.661. The number of aliphatic hydroxyl groups is 4. The zero-order chi connectivity index (χ0) is 61.1. The Morgan fingerprint density at radius 1 is 0.864 bits per heavy atom. The van der Waals surface area contributed by atoms with Crippen LogP contribution in [0, 0.1) is 52.3 Å². The first-order valence-corrected chi connectivity index (χ1v) is 36.9. The van der Waals surface area contributed by atoms with Gasteiger partial charge in [-0.05, 0) is 216 Å². The second-order valence-electron chi connectivity index (χ2n) is 29.0. The number of nitrogens with zero attached hydrogens (tertiary/aromatic N) is 1. The van der Waals surface area contributed by atoms with Crippen LogP contribution in [0.2, 0.25) is 0 Å². The number of phenolic OH excluding ortho intramolecular Hbond substituents is 2. The molecule has 1 aliphatic heterocycles. The molecular weight excluding hydrogens is 1140 g/mol. The van der Waals surface area contributed by atoms with Crippen molar-refractivity contribution in [2.24, 2.45) is 68.7 Å². The van der Waals surface area contributed by atoms with E-state index in [1.54, 1.807) is 18.2 Å². The third-order valence-corrected chi connectivity index (χ3v) is 26.2. The molecule has 8 aliphatic carbocycles. The van der Waals surface area contributed by atoms with Crippen LogP contribution in [-0.2, 0) is 25.9 Å². The molecule has 5 saturated carbocycles. The Kier molecular flexibility index (Phi) is 20.6. The molecule has 14 nitrogen and oxygen atoms in total. The van der Waals surface area contributed by atoms with Crippen LogP contribution in [0.1, 0.15) is 211 Å². The molecule has 3 heterocycles. The number of furan rings is 1. The lowest BCUT2D eigenvalue weighted by molar-refractivity contribution is 0.0338. The van der Waals surface area contributed by atoms with E-state index in [1.807, 2.05) is 46.7 Å². The Bertz CT molecular complexity index is 3000. The fraction of sp³-hybridized carbons (Fsp3) is 0.681. The smallest absolute Gasteiger partial charge is 0.189 e. The number of allylic oxidation sites excluding steroid dienone is 2. The molecule has 17 unspecified atom stereocenters. The van der Waals surface area contributed by atoms with E-state index in [0.717, 1.165) is 104 Å². The van der Waals surface area contributed by atoms with Gasteiger partial charge in [-0.1, -0.05) is 91.0 Å². The van der Waals surface area contributed by atoms with Crippen molar-refractivity contribution in [1.29, 1.82) is 0 Å². The number of nitrogens with one attached hydrogen (secondary N) is 3. The van der Waals surface area contributed by atoms with Crippen LogP contribution in [-0.4, -0.2) is 103 Å². The number of hydrogen-bond acceptors (Lipinski definition) is 13. The Hall–Kier alpha value is -4.13. The monoisotopic (exact) mass is 1240 g/mol. The fourth-order valence-electron chi connectivity index (χ4n) is 19.4. The molecule has 2 spiro atoms. The maximum atomic E-state index is 12.0. The van der Waals surface area contributed by atoms with Crippen molar-refractivity contribution in [3.05, 3.63) is 112 Å². The summed E-state index contributed by atoms with van der Waals surface area (Å²) in [7, 11) is 3.95. The highest BCUT2D eigenvalue weighted by Crippen LogP contribution is 2.73. The van der Waals surface area contributed by atoms with Gasteiger partial charge in [-0.2, -0.15) is 0 Å². The third-order valence-electron chi connectivity index (χ3n) is 23.7. The van der Waals surface area contributed by atoms with Crippen LogP contribution in [0.25, 0.3) is 0 Å². The van der Waals surface area contributed by atoms with Gasteiger partial charge >= 0.3 is 0 Å². The molecule has 13 rings (SSSR count). The molecule has 0 radical (unpaired) electrons. The summed E-state index contributed by atoms with van der Waals surface area (Å²) < 4.78 is 12.9. The van der Waals surface area contributed by atoms with Gasteiger partial charge in [0.05, 0.1) is 18.8 Å². The average Bonchev–Trinajstić information content (AvgIpc) is 1.52. The molecule has 6 fully saturated rings.